The minimum Gasteiger partial charge on any atom is -0.361 e. The van der Waals surface area contributed by atoms with Crippen LogP contribution < -0.4 is 0 Å². The van der Waals surface area contributed by atoms with Gasteiger partial charge in [0.25, 0.3) is 0 Å². The number of nitrogens with one attached hydrogen (secondary N) is 1. The number of rotatable bonds is 6. The summed E-state index contributed by atoms with van der Waals surface area (Å²) in [4.78, 5) is 5.59. The highest BCUT2D eigenvalue weighted by Crippen LogP contribution is 2.18. The molecule has 0 saturated carbocycles. The Morgan fingerprint density at radius 3 is 2.84 bits per heavy atom. The maximum Gasteiger partial charge on any atom is 0.0622 e. The zero-order valence-corrected chi connectivity index (χ0v) is 12.9. The molecule has 102 valence electrons. The summed E-state index contributed by atoms with van der Waals surface area (Å²) >= 11 is 0. The van der Waals surface area contributed by atoms with Crippen LogP contribution in [0.15, 0.2) is 30.5 Å². The van der Waals surface area contributed by atoms with E-state index < -0.39 is 0 Å². The van der Waals surface area contributed by atoms with Gasteiger partial charge in [-0.15, -0.1) is 17.0 Å². The quantitative estimate of drug-likeness (QED) is 0.827. The van der Waals surface area contributed by atoms with Gasteiger partial charge in [-0.2, -0.15) is 5.26 Å². The van der Waals surface area contributed by atoms with Gasteiger partial charge in [-0.3, -0.25) is 0 Å². The number of halogens is 1. The molecule has 1 N–H and O–H groups in total. The summed E-state index contributed by atoms with van der Waals surface area (Å²) in [6, 6.07) is 10.6. The van der Waals surface area contributed by atoms with Crippen molar-refractivity contribution in [3.8, 4) is 6.07 Å². The van der Waals surface area contributed by atoms with Crippen molar-refractivity contribution in [2.45, 2.75) is 19.3 Å². The summed E-state index contributed by atoms with van der Waals surface area (Å²) in [6.07, 6.45) is 4.76. The maximum absolute atomic E-state index is 8.50. The van der Waals surface area contributed by atoms with Crippen molar-refractivity contribution in [2.24, 2.45) is 0 Å². The molecule has 4 heteroatoms. The monoisotopic (exact) mass is 321 g/mol. The largest absolute Gasteiger partial charge is 0.361 e. The molecule has 0 aliphatic heterocycles. The predicted octanol–water partition coefficient (Wildman–Crippen LogP) is 3.52. The SMILES string of the molecule is Br.CN(CCCC#N)CCc1c[nH]c2ccccc12. The number of para-hydroxylation sites is 1. The van der Waals surface area contributed by atoms with Gasteiger partial charge in [0.05, 0.1) is 6.07 Å². The second kappa shape index (κ2) is 7.98. The van der Waals surface area contributed by atoms with Gasteiger partial charge in [0.2, 0.25) is 0 Å². The van der Waals surface area contributed by atoms with Crippen LogP contribution in [-0.2, 0) is 6.42 Å². The fourth-order valence-corrected chi connectivity index (χ4v) is 2.19. The number of aromatic nitrogens is 1. The lowest BCUT2D eigenvalue weighted by molar-refractivity contribution is 0.335. The van der Waals surface area contributed by atoms with Gasteiger partial charge < -0.3 is 9.88 Å². The molecule has 2 rings (SSSR count). The third kappa shape index (κ3) is 4.38. The van der Waals surface area contributed by atoms with Gasteiger partial charge >= 0.3 is 0 Å². The molecule has 1 aromatic heterocycles. The fraction of sp³-hybridized carbons (Fsp3) is 0.400. The molecule has 19 heavy (non-hydrogen) atoms. The Kier molecular flexibility index (Phi) is 6.61. The first-order valence-corrected chi connectivity index (χ1v) is 6.42. The first-order valence-electron chi connectivity index (χ1n) is 6.42. The second-order valence-corrected chi connectivity index (χ2v) is 4.67. The molecule has 1 heterocycles. The summed E-state index contributed by atoms with van der Waals surface area (Å²) in [5.41, 5.74) is 2.58. The molecule has 0 radical (unpaired) electrons. The van der Waals surface area contributed by atoms with E-state index in [1.807, 2.05) is 0 Å². The highest BCUT2D eigenvalue weighted by molar-refractivity contribution is 8.93. The fourth-order valence-electron chi connectivity index (χ4n) is 2.19. The van der Waals surface area contributed by atoms with Crippen LogP contribution in [0.5, 0.6) is 0 Å². The van der Waals surface area contributed by atoms with Gasteiger partial charge in [-0.25, -0.2) is 0 Å². The molecule has 3 nitrogen and oxygen atoms in total. The topological polar surface area (TPSA) is 42.8 Å². The first kappa shape index (κ1) is 15.7. The lowest BCUT2D eigenvalue weighted by Gasteiger charge is -2.15. The van der Waals surface area contributed by atoms with Crippen LogP contribution in [0.4, 0.5) is 0 Å². The van der Waals surface area contributed by atoms with E-state index in [1.54, 1.807) is 0 Å². The Bertz CT molecular complexity index is 542. The lowest BCUT2D eigenvalue weighted by atomic mass is 10.1. The van der Waals surface area contributed by atoms with Gasteiger partial charge in [-0.05, 0) is 38.1 Å². The summed E-state index contributed by atoms with van der Waals surface area (Å²) in [7, 11) is 2.12. The van der Waals surface area contributed by atoms with Gasteiger partial charge in [0.15, 0.2) is 0 Å². The van der Waals surface area contributed by atoms with E-state index in [2.05, 4.69) is 53.5 Å². The molecule has 0 aliphatic rings. The van der Waals surface area contributed by atoms with E-state index in [1.165, 1.54) is 16.5 Å². The standard InChI is InChI=1S/C15H19N3.BrH/c1-18(10-5-4-9-16)11-8-13-12-17-15-7-3-2-6-14(13)15;/h2-3,6-7,12,17H,4-5,8,10-11H2,1H3;1H. The number of hydrogen-bond acceptors (Lipinski definition) is 2. The van der Waals surface area contributed by atoms with Crippen LogP contribution in [0, 0.1) is 11.3 Å². The van der Waals surface area contributed by atoms with E-state index in [4.69, 9.17) is 5.26 Å². The first-order chi connectivity index (χ1) is 8.81. The molecular formula is C15H20BrN3. The number of nitrogens with zero attached hydrogens (tertiary/aromatic N) is 2. The van der Waals surface area contributed by atoms with Crippen LogP contribution in [-0.4, -0.2) is 30.0 Å². The molecule has 0 atom stereocenters. The number of nitriles is 1. The van der Waals surface area contributed by atoms with Crippen molar-refractivity contribution >= 4 is 27.9 Å². The van der Waals surface area contributed by atoms with Crippen molar-refractivity contribution < 1.29 is 0 Å². The number of benzene rings is 1. The molecule has 1 aromatic carbocycles. The summed E-state index contributed by atoms with van der Waals surface area (Å²) in [5, 5.41) is 9.83. The van der Waals surface area contributed by atoms with Gasteiger partial charge in [0, 0.05) is 30.1 Å². The van der Waals surface area contributed by atoms with Crippen molar-refractivity contribution in [3.05, 3.63) is 36.0 Å². The zero-order chi connectivity index (χ0) is 12.8. The van der Waals surface area contributed by atoms with E-state index in [-0.39, 0.29) is 17.0 Å². The van der Waals surface area contributed by atoms with E-state index in [9.17, 15) is 0 Å². The molecule has 0 unspecified atom stereocenters. The molecular weight excluding hydrogens is 302 g/mol. The van der Waals surface area contributed by atoms with Crippen LogP contribution in [0.2, 0.25) is 0 Å². The smallest absolute Gasteiger partial charge is 0.0622 e. The van der Waals surface area contributed by atoms with Gasteiger partial charge in [0.1, 0.15) is 0 Å². The molecule has 0 spiro atoms. The number of aromatic amines is 1. The number of likely N-dealkylation sites (N-methyl/N-ethyl adjacent to an activating group) is 1. The van der Waals surface area contributed by atoms with Crippen LogP contribution >= 0.6 is 17.0 Å². The number of unbranched alkanes of at least 4 members (excludes halogenated alkanes) is 1. The highest BCUT2D eigenvalue weighted by Gasteiger charge is 2.04. The molecule has 0 saturated heterocycles. The number of hydrogen-bond donors (Lipinski definition) is 1. The molecule has 2 aromatic rings. The Morgan fingerprint density at radius 2 is 2.05 bits per heavy atom. The highest BCUT2D eigenvalue weighted by atomic mass is 79.9. The molecule has 0 fully saturated rings. The molecule has 0 aliphatic carbocycles. The van der Waals surface area contributed by atoms with E-state index in [0.717, 1.165) is 25.9 Å². The minimum atomic E-state index is 0. The van der Waals surface area contributed by atoms with Crippen molar-refractivity contribution in [1.82, 2.24) is 9.88 Å². The maximum atomic E-state index is 8.50. The van der Waals surface area contributed by atoms with Gasteiger partial charge in [-0.1, -0.05) is 18.2 Å². The zero-order valence-electron chi connectivity index (χ0n) is 11.2. The Hall–Kier alpha value is -1.31. The third-order valence-corrected chi connectivity index (χ3v) is 3.27. The van der Waals surface area contributed by atoms with Crippen LogP contribution in [0.25, 0.3) is 10.9 Å². The van der Waals surface area contributed by atoms with Crippen molar-refractivity contribution in [3.63, 3.8) is 0 Å². The van der Waals surface area contributed by atoms with Crippen LogP contribution in [0.1, 0.15) is 18.4 Å². The Labute approximate surface area is 125 Å². The Morgan fingerprint density at radius 1 is 1.26 bits per heavy atom. The minimum absolute atomic E-state index is 0. The van der Waals surface area contributed by atoms with Crippen molar-refractivity contribution in [2.75, 3.05) is 20.1 Å². The second-order valence-electron chi connectivity index (χ2n) is 4.67. The van der Waals surface area contributed by atoms with E-state index in [0.29, 0.717) is 6.42 Å². The number of fused-ring (bicyclic) bond motifs is 1. The van der Waals surface area contributed by atoms with Crippen LogP contribution in [0.3, 0.4) is 0 Å². The lowest BCUT2D eigenvalue weighted by Crippen LogP contribution is -2.22. The number of H-pyrrole nitrogens is 1. The third-order valence-electron chi connectivity index (χ3n) is 3.27. The Balaban J connectivity index is 0.00000180. The molecule has 0 bridgehead atoms. The normalized spacial score (nSPS) is 10.4. The van der Waals surface area contributed by atoms with E-state index >= 15 is 0 Å². The average molecular weight is 322 g/mol. The summed E-state index contributed by atoms with van der Waals surface area (Å²) in [6.45, 7) is 2.03. The average Bonchev–Trinajstić information content (AvgIpc) is 2.80. The summed E-state index contributed by atoms with van der Waals surface area (Å²) < 4.78 is 0. The predicted molar refractivity (Wildman–Crippen MR) is 84.7 cm³/mol. The molecule has 0 amide bonds. The summed E-state index contributed by atoms with van der Waals surface area (Å²) in [5.74, 6) is 0. The van der Waals surface area contributed by atoms with Crippen molar-refractivity contribution in [1.29, 1.82) is 5.26 Å².